The number of thiophene rings is 1. The number of phenolic OH excluding ortho intramolecular Hbond substituents is 1. The first kappa shape index (κ1) is 15.6. The first-order valence-electron chi connectivity index (χ1n) is 7.38. The first-order chi connectivity index (χ1) is 11.0. The Hall–Kier alpha value is -2.34. The summed E-state index contributed by atoms with van der Waals surface area (Å²) in [5, 5.41) is 11.4. The zero-order chi connectivity index (χ0) is 16.4. The number of esters is 1. The molecule has 0 unspecified atom stereocenters. The van der Waals surface area contributed by atoms with E-state index in [1.165, 1.54) is 28.6 Å². The summed E-state index contributed by atoms with van der Waals surface area (Å²) >= 11 is 1.71. The van der Waals surface area contributed by atoms with E-state index in [0.717, 1.165) is 6.42 Å². The number of hydrogen-bond donors (Lipinski definition) is 1. The predicted octanol–water partition coefficient (Wildman–Crippen LogP) is 2.58. The minimum atomic E-state index is -0.856. The lowest BCUT2D eigenvalue weighted by molar-refractivity contribution is -0.140. The Morgan fingerprint density at radius 3 is 2.96 bits per heavy atom. The fourth-order valence-corrected chi connectivity index (χ4v) is 3.50. The highest BCUT2D eigenvalue weighted by molar-refractivity contribution is 7.10. The van der Waals surface area contributed by atoms with Gasteiger partial charge in [0, 0.05) is 18.0 Å². The number of ether oxygens (including phenoxy) is 1. The molecule has 6 heteroatoms. The van der Waals surface area contributed by atoms with Gasteiger partial charge in [0.05, 0.1) is 5.56 Å². The fourth-order valence-electron chi connectivity index (χ4n) is 2.61. The standard InChI is InChI=1S/C17H17NO4S/c1-11(22-17(21)12-3-2-4-14(19)9-12)16(20)18-7-5-15-13(10-18)6-8-23-15/h2-4,6,8-9,11,19H,5,7,10H2,1H3/t11-/m1/s1. The number of hydrogen-bond acceptors (Lipinski definition) is 5. The van der Waals surface area contributed by atoms with Crippen LogP contribution in [0.2, 0.25) is 0 Å². The molecule has 0 spiro atoms. The number of aromatic hydroxyl groups is 1. The molecule has 3 rings (SSSR count). The van der Waals surface area contributed by atoms with Crippen LogP contribution in [0.15, 0.2) is 35.7 Å². The highest BCUT2D eigenvalue weighted by Crippen LogP contribution is 2.24. The Morgan fingerprint density at radius 2 is 2.17 bits per heavy atom. The molecule has 1 aromatic heterocycles. The number of rotatable bonds is 3. The van der Waals surface area contributed by atoms with Crippen LogP contribution in [0.25, 0.3) is 0 Å². The van der Waals surface area contributed by atoms with Crippen LogP contribution in [0.5, 0.6) is 5.75 Å². The number of carbonyl (C=O) groups excluding carboxylic acids is 2. The summed E-state index contributed by atoms with van der Waals surface area (Å²) in [5.41, 5.74) is 1.39. The largest absolute Gasteiger partial charge is 0.508 e. The molecule has 0 fully saturated rings. The molecule has 1 atom stereocenters. The van der Waals surface area contributed by atoms with Gasteiger partial charge in [0.25, 0.3) is 5.91 Å². The number of phenols is 1. The average Bonchev–Trinajstić information content (AvgIpc) is 3.01. The van der Waals surface area contributed by atoms with Crippen LogP contribution in [0, 0.1) is 0 Å². The van der Waals surface area contributed by atoms with E-state index in [1.807, 2.05) is 11.4 Å². The number of nitrogens with zero attached hydrogens (tertiary/aromatic N) is 1. The van der Waals surface area contributed by atoms with E-state index < -0.39 is 12.1 Å². The third-order valence-electron chi connectivity index (χ3n) is 3.83. The highest BCUT2D eigenvalue weighted by atomic mass is 32.1. The van der Waals surface area contributed by atoms with Crippen molar-refractivity contribution < 1.29 is 19.4 Å². The third-order valence-corrected chi connectivity index (χ3v) is 4.86. The number of fused-ring (bicyclic) bond motifs is 1. The SMILES string of the molecule is C[C@@H](OC(=O)c1cccc(O)c1)C(=O)N1CCc2sccc2C1. The lowest BCUT2D eigenvalue weighted by Gasteiger charge is -2.29. The zero-order valence-corrected chi connectivity index (χ0v) is 13.5. The number of benzene rings is 1. The molecule has 23 heavy (non-hydrogen) atoms. The van der Waals surface area contributed by atoms with Crippen LogP contribution in [-0.4, -0.2) is 34.5 Å². The van der Waals surface area contributed by atoms with Crippen LogP contribution in [0.1, 0.15) is 27.7 Å². The summed E-state index contributed by atoms with van der Waals surface area (Å²) in [6, 6.07) is 7.91. The second-order valence-corrected chi connectivity index (χ2v) is 6.48. The van der Waals surface area contributed by atoms with E-state index in [1.54, 1.807) is 29.2 Å². The van der Waals surface area contributed by atoms with Crippen LogP contribution >= 0.6 is 11.3 Å². The van der Waals surface area contributed by atoms with E-state index in [0.29, 0.717) is 13.1 Å². The Morgan fingerprint density at radius 1 is 1.35 bits per heavy atom. The monoisotopic (exact) mass is 331 g/mol. The molecule has 5 nitrogen and oxygen atoms in total. The maximum atomic E-state index is 12.5. The van der Waals surface area contributed by atoms with Crippen molar-refractivity contribution in [3.05, 3.63) is 51.7 Å². The van der Waals surface area contributed by atoms with E-state index in [-0.39, 0.29) is 17.2 Å². The Balaban J connectivity index is 1.63. The molecule has 120 valence electrons. The average molecular weight is 331 g/mol. The molecular formula is C17H17NO4S. The lowest BCUT2D eigenvalue weighted by Crippen LogP contribution is -2.42. The van der Waals surface area contributed by atoms with Gasteiger partial charge in [-0.05, 0) is 48.6 Å². The molecular weight excluding hydrogens is 314 g/mol. The van der Waals surface area contributed by atoms with Crippen LogP contribution in [0.4, 0.5) is 0 Å². The van der Waals surface area contributed by atoms with Crippen molar-refractivity contribution in [2.24, 2.45) is 0 Å². The second kappa shape index (κ2) is 6.42. The van der Waals surface area contributed by atoms with Gasteiger partial charge in [-0.1, -0.05) is 6.07 Å². The molecule has 0 saturated carbocycles. The molecule has 0 bridgehead atoms. The number of amides is 1. The summed E-state index contributed by atoms with van der Waals surface area (Å²) < 4.78 is 5.24. The van der Waals surface area contributed by atoms with E-state index in [4.69, 9.17) is 4.74 Å². The van der Waals surface area contributed by atoms with Gasteiger partial charge in [-0.3, -0.25) is 4.79 Å². The highest BCUT2D eigenvalue weighted by Gasteiger charge is 2.27. The quantitative estimate of drug-likeness (QED) is 0.878. The van der Waals surface area contributed by atoms with Crippen molar-refractivity contribution in [3.63, 3.8) is 0 Å². The molecule has 2 aromatic rings. The first-order valence-corrected chi connectivity index (χ1v) is 8.26. The van der Waals surface area contributed by atoms with Crippen molar-refractivity contribution in [1.82, 2.24) is 4.90 Å². The molecule has 1 amide bonds. The van der Waals surface area contributed by atoms with Gasteiger partial charge >= 0.3 is 5.97 Å². The van der Waals surface area contributed by atoms with Gasteiger partial charge in [0.2, 0.25) is 0 Å². The summed E-state index contributed by atoms with van der Waals surface area (Å²) in [6.07, 6.45) is -0.0172. The molecule has 1 aliphatic heterocycles. The fraction of sp³-hybridized carbons (Fsp3) is 0.294. The van der Waals surface area contributed by atoms with E-state index >= 15 is 0 Å². The molecule has 0 radical (unpaired) electrons. The van der Waals surface area contributed by atoms with Crippen molar-refractivity contribution in [3.8, 4) is 5.75 Å². The van der Waals surface area contributed by atoms with Gasteiger partial charge in [0.1, 0.15) is 5.75 Å². The van der Waals surface area contributed by atoms with E-state index in [9.17, 15) is 14.7 Å². The molecule has 0 aliphatic carbocycles. The van der Waals surface area contributed by atoms with Gasteiger partial charge in [0.15, 0.2) is 6.10 Å². The van der Waals surface area contributed by atoms with Crippen LogP contribution < -0.4 is 0 Å². The van der Waals surface area contributed by atoms with Crippen LogP contribution in [0.3, 0.4) is 0 Å². The second-order valence-electron chi connectivity index (χ2n) is 5.48. The van der Waals surface area contributed by atoms with Crippen LogP contribution in [-0.2, 0) is 22.5 Å². The van der Waals surface area contributed by atoms with Crippen molar-refractivity contribution >= 4 is 23.2 Å². The molecule has 1 N–H and O–H groups in total. The minimum absolute atomic E-state index is 0.0144. The Bertz CT molecular complexity index is 740. The third kappa shape index (κ3) is 3.37. The Kier molecular flexibility index (Phi) is 4.34. The van der Waals surface area contributed by atoms with Crippen molar-refractivity contribution in [1.29, 1.82) is 0 Å². The maximum absolute atomic E-state index is 12.5. The molecule has 2 heterocycles. The van der Waals surface area contributed by atoms with Gasteiger partial charge in [-0.2, -0.15) is 0 Å². The van der Waals surface area contributed by atoms with Crippen molar-refractivity contribution in [2.75, 3.05) is 6.54 Å². The topological polar surface area (TPSA) is 66.8 Å². The predicted molar refractivity (Wildman–Crippen MR) is 86.4 cm³/mol. The lowest BCUT2D eigenvalue weighted by atomic mass is 10.1. The zero-order valence-electron chi connectivity index (χ0n) is 12.7. The summed E-state index contributed by atoms with van der Waals surface area (Å²) in [5.74, 6) is -0.829. The minimum Gasteiger partial charge on any atom is -0.508 e. The van der Waals surface area contributed by atoms with Gasteiger partial charge in [-0.15, -0.1) is 11.3 Å². The maximum Gasteiger partial charge on any atom is 0.339 e. The van der Waals surface area contributed by atoms with Gasteiger partial charge < -0.3 is 14.7 Å². The summed E-state index contributed by atoms with van der Waals surface area (Å²) in [7, 11) is 0. The normalized spacial score (nSPS) is 14.9. The summed E-state index contributed by atoms with van der Waals surface area (Å²) in [6.45, 7) is 2.78. The smallest absolute Gasteiger partial charge is 0.339 e. The Labute approximate surface area is 138 Å². The van der Waals surface area contributed by atoms with E-state index in [2.05, 4.69) is 0 Å². The van der Waals surface area contributed by atoms with Crippen molar-refractivity contribution in [2.45, 2.75) is 26.0 Å². The molecule has 0 saturated heterocycles. The number of carbonyl (C=O) groups is 2. The van der Waals surface area contributed by atoms with Gasteiger partial charge in [-0.25, -0.2) is 4.79 Å². The molecule has 1 aliphatic rings. The molecule has 1 aromatic carbocycles. The summed E-state index contributed by atoms with van der Waals surface area (Å²) in [4.78, 5) is 27.6.